The third-order valence-electron chi connectivity index (χ3n) is 4.37. The number of hydrogen-bond acceptors (Lipinski definition) is 11. The van der Waals surface area contributed by atoms with E-state index in [0.717, 1.165) is 0 Å². The summed E-state index contributed by atoms with van der Waals surface area (Å²) in [6.45, 7) is 1.47. The van der Waals surface area contributed by atoms with Gasteiger partial charge in [-0.3, -0.25) is 20.2 Å². The maximum Gasteiger partial charge on any atom is 0.332 e. The van der Waals surface area contributed by atoms with Gasteiger partial charge in [-0.15, -0.1) is 0 Å². The van der Waals surface area contributed by atoms with E-state index < -0.39 is 9.85 Å². The fraction of sp³-hybridized carbons (Fsp3) is 0.150. The van der Waals surface area contributed by atoms with E-state index in [1.807, 2.05) is 0 Å². The molecule has 0 amide bonds. The molecule has 0 aliphatic carbocycles. The van der Waals surface area contributed by atoms with Gasteiger partial charge in [0, 0.05) is 17.3 Å². The van der Waals surface area contributed by atoms with Crippen LogP contribution < -0.4 is 20.2 Å². The highest BCUT2D eigenvalue weighted by atomic mass is 16.6. The molecule has 33 heavy (non-hydrogen) atoms. The van der Waals surface area contributed by atoms with Gasteiger partial charge >= 0.3 is 11.4 Å². The zero-order valence-electron chi connectivity index (χ0n) is 17.8. The van der Waals surface area contributed by atoms with Gasteiger partial charge in [-0.05, 0) is 43.3 Å². The summed E-state index contributed by atoms with van der Waals surface area (Å²) in [5.41, 5.74) is 3.18. The van der Waals surface area contributed by atoms with E-state index >= 15 is 0 Å². The van der Waals surface area contributed by atoms with Crippen LogP contribution in [0.15, 0.2) is 47.6 Å². The Morgan fingerprint density at radius 3 is 2.33 bits per heavy atom. The first-order chi connectivity index (χ1) is 15.8. The predicted molar refractivity (Wildman–Crippen MR) is 121 cm³/mol. The van der Waals surface area contributed by atoms with Crippen LogP contribution in [-0.2, 0) is 0 Å². The van der Waals surface area contributed by atoms with Crippen molar-refractivity contribution in [2.75, 3.05) is 25.0 Å². The predicted octanol–water partition coefficient (Wildman–Crippen LogP) is 3.81. The molecule has 2 aromatic carbocycles. The van der Waals surface area contributed by atoms with Gasteiger partial charge in [-0.25, -0.2) is 10.4 Å². The van der Waals surface area contributed by atoms with Crippen molar-refractivity contribution in [3.63, 3.8) is 0 Å². The maximum absolute atomic E-state index is 11.5. The molecule has 13 nitrogen and oxygen atoms in total. The van der Waals surface area contributed by atoms with Crippen LogP contribution in [0, 0.1) is 27.2 Å². The molecule has 0 saturated heterocycles. The molecule has 13 heteroatoms. The number of aromatic nitrogens is 2. The summed E-state index contributed by atoms with van der Waals surface area (Å²) in [5, 5.41) is 29.6. The van der Waals surface area contributed by atoms with E-state index in [9.17, 15) is 20.2 Å². The van der Waals surface area contributed by atoms with Crippen molar-refractivity contribution in [3.8, 4) is 11.5 Å². The second-order valence-corrected chi connectivity index (χ2v) is 6.50. The average Bonchev–Trinajstić information content (AvgIpc) is 2.79. The third kappa shape index (κ3) is 5.46. The van der Waals surface area contributed by atoms with Crippen molar-refractivity contribution in [1.29, 1.82) is 0 Å². The van der Waals surface area contributed by atoms with Crippen molar-refractivity contribution in [2.24, 2.45) is 5.10 Å². The first-order valence-corrected chi connectivity index (χ1v) is 9.38. The summed E-state index contributed by atoms with van der Waals surface area (Å²) >= 11 is 0. The normalized spacial score (nSPS) is 10.6. The SMILES string of the molecule is COc1ccc(Nc2nc(N/N=C/c3ccc(OC)c([N+](=O)[O-])c3)nc(C)c2[N+](=O)[O-])cc1. The molecular weight excluding hydrogens is 434 g/mol. The Morgan fingerprint density at radius 1 is 1.00 bits per heavy atom. The standard InChI is InChI=1S/C20H19N7O6/c1-12-18(27(30)31)19(23-14-5-7-15(32-2)8-6-14)24-20(22-12)25-21-11-13-4-9-17(33-3)16(10-13)26(28)29/h4-11H,1-3H3,(H2,22,23,24,25)/b21-11+. The smallest absolute Gasteiger partial charge is 0.332 e. The summed E-state index contributed by atoms with van der Waals surface area (Å²) in [5.74, 6) is 0.710. The second-order valence-electron chi connectivity index (χ2n) is 6.50. The number of hydrazone groups is 1. The molecule has 3 rings (SSSR count). The monoisotopic (exact) mass is 453 g/mol. The number of rotatable bonds is 9. The Morgan fingerprint density at radius 2 is 1.73 bits per heavy atom. The van der Waals surface area contributed by atoms with Gasteiger partial charge in [0.2, 0.25) is 11.8 Å². The van der Waals surface area contributed by atoms with Crippen LogP contribution in [0.25, 0.3) is 0 Å². The highest BCUT2D eigenvalue weighted by Crippen LogP contribution is 2.30. The van der Waals surface area contributed by atoms with Crippen LogP contribution in [0.4, 0.5) is 28.8 Å². The number of methoxy groups -OCH3 is 2. The molecule has 0 bridgehead atoms. The van der Waals surface area contributed by atoms with E-state index in [4.69, 9.17) is 9.47 Å². The number of nitrogens with one attached hydrogen (secondary N) is 2. The van der Waals surface area contributed by atoms with Crippen LogP contribution in [-0.4, -0.2) is 40.2 Å². The number of ether oxygens (including phenoxy) is 2. The van der Waals surface area contributed by atoms with Gasteiger partial charge in [-0.2, -0.15) is 10.1 Å². The molecule has 0 radical (unpaired) electrons. The molecular formula is C20H19N7O6. The van der Waals surface area contributed by atoms with Gasteiger partial charge in [0.1, 0.15) is 11.4 Å². The highest BCUT2D eigenvalue weighted by Gasteiger charge is 2.22. The average molecular weight is 453 g/mol. The van der Waals surface area contributed by atoms with E-state index in [0.29, 0.717) is 17.0 Å². The lowest BCUT2D eigenvalue weighted by Crippen LogP contribution is -2.07. The number of nitro benzene ring substituents is 1. The quantitative estimate of drug-likeness (QED) is 0.276. The summed E-state index contributed by atoms with van der Waals surface area (Å²) in [6, 6.07) is 11.1. The molecule has 0 aliphatic heterocycles. The van der Waals surface area contributed by atoms with Gasteiger partial charge in [-0.1, -0.05) is 0 Å². The first kappa shape index (κ1) is 22.9. The summed E-state index contributed by atoms with van der Waals surface area (Å²) < 4.78 is 10.1. The van der Waals surface area contributed by atoms with E-state index in [2.05, 4.69) is 25.8 Å². The van der Waals surface area contributed by atoms with Crippen molar-refractivity contribution in [2.45, 2.75) is 6.92 Å². The Balaban J connectivity index is 1.85. The van der Waals surface area contributed by atoms with Gasteiger partial charge in [0.05, 0.1) is 30.3 Å². The summed E-state index contributed by atoms with van der Waals surface area (Å²) in [4.78, 5) is 29.8. The van der Waals surface area contributed by atoms with Crippen molar-refractivity contribution < 1.29 is 19.3 Å². The number of aryl methyl sites for hydroxylation is 1. The fourth-order valence-corrected chi connectivity index (χ4v) is 2.83. The lowest BCUT2D eigenvalue weighted by atomic mass is 10.2. The molecule has 0 saturated carbocycles. The van der Waals surface area contributed by atoms with Crippen molar-refractivity contribution >= 4 is 35.0 Å². The molecule has 170 valence electrons. The molecule has 0 aliphatic rings. The minimum absolute atomic E-state index is 0.00614. The third-order valence-corrected chi connectivity index (χ3v) is 4.37. The van der Waals surface area contributed by atoms with Crippen LogP contribution in [0.3, 0.4) is 0 Å². The number of hydrogen-bond donors (Lipinski definition) is 2. The Kier molecular flexibility index (Phi) is 6.93. The number of nitro groups is 2. The number of anilines is 3. The van der Waals surface area contributed by atoms with E-state index in [1.165, 1.54) is 39.5 Å². The second kappa shape index (κ2) is 10.00. The molecule has 0 fully saturated rings. The maximum atomic E-state index is 11.5. The first-order valence-electron chi connectivity index (χ1n) is 9.38. The lowest BCUT2D eigenvalue weighted by Gasteiger charge is -2.10. The summed E-state index contributed by atoms with van der Waals surface area (Å²) in [6.07, 6.45) is 1.32. The fourth-order valence-electron chi connectivity index (χ4n) is 2.83. The van der Waals surface area contributed by atoms with Crippen LogP contribution in [0.5, 0.6) is 11.5 Å². The molecule has 1 aromatic heterocycles. The molecule has 3 aromatic rings. The van der Waals surface area contributed by atoms with Crippen LogP contribution in [0.1, 0.15) is 11.3 Å². The topological polar surface area (TPSA) is 167 Å². The van der Waals surface area contributed by atoms with Crippen molar-refractivity contribution in [1.82, 2.24) is 9.97 Å². The van der Waals surface area contributed by atoms with Crippen molar-refractivity contribution in [3.05, 3.63) is 74.0 Å². The zero-order valence-corrected chi connectivity index (χ0v) is 17.8. The summed E-state index contributed by atoms with van der Waals surface area (Å²) in [7, 11) is 2.87. The van der Waals surface area contributed by atoms with E-state index in [-0.39, 0.29) is 34.6 Å². The molecule has 1 heterocycles. The Hall–Kier alpha value is -4.81. The lowest BCUT2D eigenvalue weighted by molar-refractivity contribution is -0.385. The van der Waals surface area contributed by atoms with Crippen LogP contribution >= 0.6 is 0 Å². The minimum atomic E-state index is -0.579. The Labute approximate surface area is 187 Å². The molecule has 0 unspecified atom stereocenters. The van der Waals surface area contributed by atoms with E-state index in [1.54, 1.807) is 30.3 Å². The Bertz CT molecular complexity index is 1210. The van der Waals surface area contributed by atoms with Gasteiger partial charge < -0.3 is 14.8 Å². The van der Waals surface area contributed by atoms with Gasteiger partial charge in [0.15, 0.2) is 5.75 Å². The zero-order chi connectivity index (χ0) is 24.0. The van der Waals surface area contributed by atoms with Gasteiger partial charge in [0.25, 0.3) is 0 Å². The molecule has 0 atom stereocenters. The number of nitrogens with zero attached hydrogens (tertiary/aromatic N) is 5. The minimum Gasteiger partial charge on any atom is -0.497 e. The largest absolute Gasteiger partial charge is 0.497 e. The van der Waals surface area contributed by atoms with Crippen LogP contribution in [0.2, 0.25) is 0 Å². The molecule has 2 N–H and O–H groups in total. The highest BCUT2D eigenvalue weighted by molar-refractivity contribution is 5.82. The molecule has 0 spiro atoms. The number of benzene rings is 2.